The van der Waals surface area contributed by atoms with Crippen LogP contribution in [-0.4, -0.2) is 15.3 Å². The van der Waals surface area contributed by atoms with Crippen molar-refractivity contribution in [3.05, 3.63) is 95.6 Å². The van der Waals surface area contributed by atoms with Crippen molar-refractivity contribution in [2.75, 3.05) is 4.90 Å². The minimum Gasteiger partial charge on any atom is -0.508 e. The lowest BCUT2D eigenvalue weighted by Gasteiger charge is -2.30. The van der Waals surface area contributed by atoms with Gasteiger partial charge in [0.05, 0.1) is 5.69 Å². The third kappa shape index (κ3) is 4.18. The summed E-state index contributed by atoms with van der Waals surface area (Å²) >= 11 is 0. The first-order chi connectivity index (χ1) is 15.3. The lowest BCUT2D eigenvalue weighted by molar-refractivity contribution is 0.462. The van der Waals surface area contributed by atoms with Crippen molar-refractivity contribution in [1.29, 1.82) is 0 Å². The highest BCUT2D eigenvalue weighted by molar-refractivity contribution is 5.83. The normalized spacial score (nSPS) is 10.7. The molecule has 0 saturated carbocycles. The molecule has 0 bridgehead atoms. The van der Waals surface area contributed by atoms with Gasteiger partial charge in [-0.3, -0.25) is 0 Å². The van der Waals surface area contributed by atoms with Gasteiger partial charge in [0.15, 0.2) is 5.75 Å². The summed E-state index contributed by atoms with van der Waals surface area (Å²) in [5.41, 5.74) is 5.11. The first-order valence-corrected chi connectivity index (χ1v) is 10.3. The second-order valence-electron chi connectivity index (χ2n) is 7.80. The van der Waals surface area contributed by atoms with Gasteiger partial charge in [0.1, 0.15) is 23.0 Å². The summed E-state index contributed by atoms with van der Waals surface area (Å²) in [6.07, 6.45) is 0. The average molecular weight is 428 g/mol. The van der Waals surface area contributed by atoms with Crippen LogP contribution in [0.3, 0.4) is 0 Å². The molecule has 3 N–H and O–H groups in total. The molecule has 0 aromatic heterocycles. The number of nitrogens with zero attached hydrogens (tertiary/aromatic N) is 1. The predicted molar refractivity (Wildman–Crippen MR) is 127 cm³/mol. The van der Waals surface area contributed by atoms with Gasteiger partial charge >= 0.3 is 0 Å². The number of aromatic hydroxyl groups is 3. The summed E-state index contributed by atoms with van der Waals surface area (Å²) in [6, 6.07) is 23.1. The number of aryl methyl sites for hydroxylation is 3. The molecule has 0 heterocycles. The molecule has 0 atom stereocenters. The largest absolute Gasteiger partial charge is 0.508 e. The summed E-state index contributed by atoms with van der Waals surface area (Å²) in [5, 5.41) is 29.7. The van der Waals surface area contributed by atoms with Crippen LogP contribution in [-0.2, 0) is 0 Å². The molecule has 0 amide bonds. The lowest BCUT2D eigenvalue weighted by Crippen LogP contribution is -2.13. The van der Waals surface area contributed by atoms with E-state index >= 15 is 0 Å². The molecule has 0 aliphatic carbocycles. The molecule has 4 rings (SSSR count). The molecule has 5 heteroatoms. The van der Waals surface area contributed by atoms with E-state index in [1.54, 1.807) is 42.5 Å². The van der Waals surface area contributed by atoms with Crippen molar-refractivity contribution >= 4 is 17.1 Å². The molecule has 0 aliphatic rings. The summed E-state index contributed by atoms with van der Waals surface area (Å²) in [4.78, 5) is 2.05. The third-order valence-corrected chi connectivity index (χ3v) is 5.33. The van der Waals surface area contributed by atoms with Crippen LogP contribution in [0, 0.1) is 20.8 Å². The smallest absolute Gasteiger partial charge is 0.151 e. The van der Waals surface area contributed by atoms with Crippen LogP contribution in [0.5, 0.6) is 28.7 Å². The molecule has 32 heavy (non-hydrogen) atoms. The monoisotopic (exact) mass is 427 g/mol. The first-order valence-electron chi connectivity index (χ1n) is 10.3. The van der Waals surface area contributed by atoms with Gasteiger partial charge in [0.2, 0.25) is 0 Å². The Hall–Kier alpha value is -4.12. The number of anilines is 3. The average Bonchev–Trinajstić information content (AvgIpc) is 2.74. The number of phenols is 3. The summed E-state index contributed by atoms with van der Waals surface area (Å²) in [5.74, 6) is 1.83. The molecule has 0 fully saturated rings. The van der Waals surface area contributed by atoms with E-state index in [9.17, 15) is 15.3 Å². The first kappa shape index (κ1) is 21.1. The zero-order valence-electron chi connectivity index (χ0n) is 18.2. The second kappa shape index (κ2) is 8.55. The van der Waals surface area contributed by atoms with Gasteiger partial charge in [-0.15, -0.1) is 0 Å². The highest BCUT2D eigenvalue weighted by Crippen LogP contribution is 2.45. The minimum atomic E-state index is 0.184. The van der Waals surface area contributed by atoms with E-state index in [4.69, 9.17) is 4.74 Å². The maximum absolute atomic E-state index is 9.96. The number of benzene rings is 4. The molecular weight excluding hydrogens is 402 g/mol. The van der Waals surface area contributed by atoms with Crippen molar-refractivity contribution in [1.82, 2.24) is 0 Å². The van der Waals surface area contributed by atoms with Crippen molar-refractivity contribution in [2.45, 2.75) is 20.8 Å². The Kier molecular flexibility index (Phi) is 5.65. The molecular formula is C27H25NO4. The van der Waals surface area contributed by atoms with E-state index in [1.807, 2.05) is 57.2 Å². The maximum atomic E-state index is 9.96. The Morgan fingerprint density at radius 1 is 0.531 bits per heavy atom. The zero-order chi connectivity index (χ0) is 22.8. The maximum Gasteiger partial charge on any atom is 0.151 e. The van der Waals surface area contributed by atoms with Gasteiger partial charge in [-0.2, -0.15) is 0 Å². The van der Waals surface area contributed by atoms with Crippen LogP contribution < -0.4 is 9.64 Å². The van der Waals surface area contributed by atoms with Crippen LogP contribution in [0.1, 0.15) is 16.7 Å². The Morgan fingerprint density at radius 2 is 1.03 bits per heavy atom. The highest BCUT2D eigenvalue weighted by Gasteiger charge is 2.21. The fraction of sp³-hybridized carbons (Fsp3) is 0.111. The van der Waals surface area contributed by atoms with Gasteiger partial charge in [-0.05, 0) is 104 Å². The van der Waals surface area contributed by atoms with E-state index in [1.165, 1.54) is 0 Å². The Balaban J connectivity index is 1.90. The molecule has 162 valence electrons. The quantitative estimate of drug-likeness (QED) is 0.320. The Bertz CT molecular complexity index is 1230. The van der Waals surface area contributed by atoms with Crippen LogP contribution in [0.15, 0.2) is 78.9 Å². The van der Waals surface area contributed by atoms with Gasteiger partial charge < -0.3 is 25.0 Å². The predicted octanol–water partition coefficient (Wildman–Crippen LogP) is 6.99. The molecule has 0 spiro atoms. The molecule has 4 aromatic rings. The van der Waals surface area contributed by atoms with Crippen molar-refractivity contribution in [2.24, 2.45) is 0 Å². The van der Waals surface area contributed by atoms with Gasteiger partial charge in [0.25, 0.3) is 0 Å². The van der Waals surface area contributed by atoms with Crippen LogP contribution in [0.25, 0.3) is 0 Å². The molecule has 0 saturated heterocycles. The zero-order valence-corrected chi connectivity index (χ0v) is 18.2. The number of para-hydroxylation sites is 2. The van der Waals surface area contributed by atoms with Crippen molar-refractivity contribution in [3.8, 4) is 28.7 Å². The summed E-state index contributed by atoms with van der Waals surface area (Å²) in [6.45, 7) is 5.75. The Morgan fingerprint density at radius 3 is 1.56 bits per heavy atom. The van der Waals surface area contributed by atoms with Crippen LogP contribution in [0.4, 0.5) is 17.1 Å². The molecule has 0 radical (unpaired) electrons. The molecule has 0 aliphatic heterocycles. The van der Waals surface area contributed by atoms with Crippen molar-refractivity contribution in [3.63, 3.8) is 0 Å². The fourth-order valence-electron chi connectivity index (χ4n) is 3.77. The van der Waals surface area contributed by atoms with Gasteiger partial charge in [-0.25, -0.2) is 0 Å². The van der Waals surface area contributed by atoms with Crippen LogP contribution >= 0.6 is 0 Å². The van der Waals surface area contributed by atoms with E-state index in [-0.39, 0.29) is 17.2 Å². The standard InChI is InChI=1S/C27H25NO4/c1-17-14-20(29)8-11-23(17)28(24-12-9-21(30)15-18(24)2)25-6-4-5-7-27(25)32-26-13-10-22(31)16-19(26)3/h4-16,29-31H,1-3H3. The van der Waals surface area contributed by atoms with Crippen LogP contribution in [0.2, 0.25) is 0 Å². The highest BCUT2D eigenvalue weighted by atomic mass is 16.5. The topological polar surface area (TPSA) is 73.2 Å². The van der Waals surface area contributed by atoms with Gasteiger partial charge in [0, 0.05) is 11.4 Å². The third-order valence-electron chi connectivity index (χ3n) is 5.33. The minimum absolute atomic E-state index is 0.184. The number of rotatable bonds is 5. The number of ether oxygens (including phenoxy) is 1. The fourth-order valence-corrected chi connectivity index (χ4v) is 3.77. The second-order valence-corrected chi connectivity index (χ2v) is 7.80. The van der Waals surface area contributed by atoms with Gasteiger partial charge in [-0.1, -0.05) is 12.1 Å². The number of phenolic OH excluding ortho intramolecular Hbond substituents is 3. The SMILES string of the molecule is Cc1cc(O)ccc1Oc1ccccc1N(c1ccc(O)cc1C)c1ccc(O)cc1C. The lowest BCUT2D eigenvalue weighted by atomic mass is 10.1. The summed E-state index contributed by atoms with van der Waals surface area (Å²) in [7, 11) is 0. The number of hydrogen-bond acceptors (Lipinski definition) is 5. The van der Waals surface area contributed by atoms with E-state index < -0.39 is 0 Å². The van der Waals surface area contributed by atoms with Crippen molar-refractivity contribution < 1.29 is 20.1 Å². The van der Waals surface area contributed by atoms with E-state index in [2.05, 4.69) is 4.90 Å². The number of hydrogen-bond donors (Lipinski definition) is 3. The molecule has 5 nitrogen and oxygen atoms in total. The molecule has 0 unspecified atom stereocenters. The Labute approximate surface area is 187 Å². The summed E-state index contributed by atoms with van der Waals surface area (Å²) < 4.78 is 6.29. The molecule has 4 aromatic carbocycles. The van der Waals surface area contributed by atoms with E-state index in [0.717, 1.165) is 33.8 Å². The van der Waals surface area contributed by atoms with E-state index in [0.29, 0.717) is 11.5 Å².